The second-order valence-electron chi connectivity index (χ2n) is 9.98. The van der Waals surface area contributed by atoms with Gasteiger partial charge in [0.05, 0.1) is 13.2 Å². The van der Waals surface area contributed by atoms with E-state index in [1.54, 1.807) is 14.0 Å². The van der Waals surface area contributed by atoms with Crippen molar-refractivity contribution >= 4 is 11.9 Å². The Morgan fingerprint density at radius 3 is 2.25 bits per heavy atom. The average molecular weight is 447 g/mol. The minimum absolute atomic E-state index is 0.0754. The van der Waals surface area contributed by atoms with E-state index in [0.717, 1.165) is 37.0 Å². The van der Waals surface area contributed by atoms with E-state index < -0.39 is 24.0 Å². The largest absolute Gasteiger partial charge is 0.503 e. The molecule has 4 fully saturated rings. The van der Waals surface area contributed by atoms with Crippen molar-refractivity contribution in [2.75, 3.05) is 14.2 Å². The fourth-order valence-corrected chi connectivity index (χ4v) is 6.90. The molecule has 8 heteroatoms. The number of aromatic nitrogens is 1. The molecule has 32 heavy (non-hydrogen) atoms. The number of esters is 1. The number of ether oxygens (including phenoxy) is 3. The number of carbonyl (C=O) groups is 2. The molecule has 4 aliphatic carbocycles. The van der Waals surface area contributed by atoms with Crippen LogP contribution in [0.5, 0.6) is 11.5 Å². The summed E-state index contributed by atoms with van der Waals surface area (Å²) in [5.41, 5.74) is -0.133. The Bertz CT molecular complexity index is 837. The summed E-state index contributed by atoms with van der Waals surface area (Å²) >= 11 is 0. The summed E-state index contributed by atoms with van der Waals surface area (Å²) in [7, 11) is 3.09. The van der Waals surface area contributed by atoms with Crippen LogP contribution in [-0.4, -0.2) is 54.4 Å². The lowest BCUT2D eigenvalue weighted by Crippen LogP contribution is -2.56. The quantitative estimate of drug-likeness (QED) is 0.591. The summed E-state index contributed by atoms with van der Waals surface area (Å²) in [5.74, 6) is 0.840. The third-order valence-electron chi connectivity index (χ3n) is 7.69. The number of hydrogen-bond donors (Lipinski definition) is 2. The second-order valence-corrected chi connectivity index (χ2v) is 9.98. The van der Waals surface area contributed by atoms with Gasteiger partial charge in [0.2, 0.25) is 0 Å². The molecule has 4 aliphatic rings. The molecule has 0 aliphatic heterocycles. The SMILES string of the molecule is COc1ccnc(C(=O)N[C@@H](C)C(=O)O[C@@H](C)[C@@H](OC)C23CC4CC(CC(C4)C2)C3)c1O. The highest BCUT2D eigenvalue weighted by Crippen LogP contribution is 2.62. The molecule has 1 aromatic rings. The van der Waals surface area contributed by atoms with Gasteiger partial charge < -0.3 is 24.6 Å². The molecule has 0 aromatic carbocycles. The maximum absolute atomic E-state index is 12.8. The van der Waals surface area contributed by atoms with E-state index in [1.807, 2.05) is 6.92 Å². The van der Waals surface area contributed by atoms with Gasteiger partial charge in [-0.25, -0.2) is 9.78 Å². The van der Waals surface area contributed by atoms with E-state index in [1.165, 1.54) is 38.6 Å². The summed E-state index contributed by atoms with van der Waals surface area (Å²) in [5, 5.41) is 12.7. The summed E-state index contributed by atoms with van der Waals surface area (Å²) in [4.78, 5) is 29.2. The number of hydrogen-bond acceptors (Lipinski definition) is 7. The number of nitrogens with one attached hydrogen (secondary N) is 1. The van der Waals surface area contributed by atoms with Crippen LogP contribution < -0.4 is 10.1 Å². The van der Waals surface area contributed by atoms with Gasteiger partial charge >= 0.3 is 5.97 Å². The highest BCUT2D eigenvalue weighted by atomic mass is 16.6. The van der Waals surface area contributed by atoms with Crippen LogP contribution in [0.15, 0.2) is 12.3 Å². The van der Waals surface area contributed by atoms with Gasteiger partial charge in [0.15, 0.2) is 17.2 Å². The number of methoxy groups -OCH3 is 2. The molecule has 2 N–H and O–H groups in total. The fraction of sp³-hybridized carbons (Fsp3) is 0.708. The monoisotopic (exact) mass is 446 g/mol. The van der Waals surface area contributed by atoms with Crippen LogP contribution in [0.4, 0.5) is 0 Å². The molecule has 0 saturated heterocycles. The average Bonchev–Trinajstić information content (AvgIpc) is 2.73. The molecule has 1 heterocycles. The van der Waals surface area contributed by atoms with E-state index >= 15 is 0 Å². The minimum atomic E-state index is -0.911. The summed E-state index contributed by atoms with van der Waals surface area (Å²) in [6, 6.07) is 0.534. The van der Waals surface area contributed by atoms with Gasteiger partial charge in [0.1, 0.15) is 12.1 Å². The van der Waals surface area contributed by atoms with Crippen LogP contribution >= 0.6 is 0 Å². The van der Waals surface area contributed by atoms with Crippen molar-refractivity contribution in [3.05, 3.63) is 18.0 Å². The first-order valence-electron chi connectivity index (χ1n) is 11.5. The van der Waals surface area contributed by atoms with Crippen molar-refractivity contribution in [3.63, 3.8) is 0 Å². The topological polar surface area (TPSA) is 107 Å². The Hall–Kier alpha value is -2.35. The normalized spacial score (nSPS) is 30.9. The van der Waals surface area contributed by atoms with E-state index in [4.69, 9.17) is 14.2 Å². The van der Waals surface area contributed by atoms with Crippen molar-refractivity contribution in [2.24, 2.45) is 23.2 Å². The fourth-order valence-electron chi connectivity index (χ4n) is 6.90. The molecule has 0 spiro atoms. The molecular weight excluding hydrogens is 412 g/mol. The van der Waals surface area contributed by atoms with Crippen LogP contribution in [0.25, 0.3) is 0 Å². The Balaban J connectivity index is 1.39. The summed E-state index contributed by atoms with van der Waals surface area (Å²) in [6.45, 7) is 3.44. The Labute approximate surface area is 189 Å². The molecule has 1 aromatic heterocycles. The van der Waals surface area contributed by atoms with Crippen molar-refractivity contribution in [2.45, 2.75) is 70.6 Å². The predicted octanol–water partition coefficient (Wildman–Crippen LogP) is 3.08. The number of carbonyl (C=O) groups excluding carboxylic acids is 2. The molecule has 1 amide bonds. The first-order chi connectivity index (χ1) is 15.3. The summed E-state index contributed by atoms with van der Waals surface area (Å²) < 4.78 is 16.7. The van der Waals surface area contributed by atoms with Crippen molar-refractivity contribution in [1.29, 1.82) is 0 Å². The maximum Gasteiger partial charge on any atom is 0.328 e. The number of aromatic hydroxyl groups is 1. The molecule has 8 nitrogen and oxygen atoms in total. The zero-order valence-electron chi connectivity index (χ0n) is 19.3. The number of rotatable bonds is 8. The van der Waals surface area contributed by atoms with Crippen molar-refractivity contribution in [3.8, 4) is 11.5 Å². The highest BCUT2D eigenvalue weighted by molar-refractivity contribution is 5.97. The molecule has 0 radical (unpaired) electrons. The number of nitrogens with zero attached hydrogens (tertiary/aromatic N) is 1. The van der Waals surface area contributed by atoms with Crippen LogP contribution in [0.2, 0.25) is 0 Å². The van der Waals surface area contributed by atoms with Gasteiger partial charge in [-0.1, -0.05) is 0 Å². The second kappa shape index (κ2) is 8.89. The molecule has 4 saturated carbocycles. The van der Waals surface area contributed by atoms with Crippen molar-refractivity contribution in [1.82, 2.24) is 10.3 Å². The van der Waals surface area contributed by atoms with Gasteiger partial charge in [-0.2, -0.15) is 0 Å². The number of amides is 1. The third-order valence-corrected chi connectivity index (χ3v) is 7.69. The Morgan fingerprint density at radius 1 is 1.12 bits per heavy atom. The third kappa shape index (κ3) is 4.17. The maximum atomic E-state index is 12.8. The first kappa shape index (κ1) is 22.8. The first-order valence-corrected chi connectivity index (χ1v) is 11.5. The molecule has 5 rings (SSSR count). The smallest absolute Gasteiger partial charge is 0.328 e. The highest BCUT2D eigenvalue weighted by Gasteiger charge is 2.56. The molecule has 4 bridgehead atoms. The van der Waals surface area contributed by atoms with Gasteiger partial charge in [-0.05, 0) is 70.1 Å². The number of pyridine rings is 1. The van der Waals surface area contributed by atoms with E-state index in [9.17, 15) is 14.7 Å². The lowest BCUT2D eigenvalue weighted by Gasteiger charge is -2.59. The van der Waals surface area contributed by atoms with Gasteiger partial charge in [0.25, 0.3) is 5.91 Å². The van der Waals surface area contributed by atoms with Gasteiger partial charge in [0, 0.05) is 24.8 Å². The van der Waals surface area contributed by atoms with Gasteiger partial charge in [-0.15, -0.1) is 0 Å². The lowest BCUT2D eigenvalue weighted by atomic mass is 9.47. The van der Waals surface area contributed by atoms with Crippen LogP contribution in [-0.2, 0) is 14.3 Å². The zero-order valence-corrected chi connectivity index (χ0v) is 19.3. The molecule has 176 valence electrons. The van der Waals surface area contributed by atoms with Crippen LogP contribution in [0, 0.1) is 23.2 Å². The minimum Gasteiger partial charge on any atom is -0.503 e. The lowest BCUT2D eigenvalue weighted by molar-refractivity contribution is -0.185. The van der Waals surface area contributed by atoms with E-state index in [-0.39, 0.29) is 28.7 Å². The van der Waals surface area contributed by atoms with Crippen molar-refractivity contribution < 1.29 is 28.9 Å². The standard InChI is InChI=1S/C24H34N2O6/c1-13(26-22(28)19-20(27)18(30-3)5-6-25-19)23(29)32-14(2)21(31-4)24-10-15-7-16(11-24)9-17(8-15)12-24/h5-6,13-17,21,27H,7-12H2,1-4H3,(H,26,28)/t13-,14-,15?,16?,17?,21+,24?/m0/s1. The van der Waals surface area contributed by atoms with E-state index in [2.05, 4.69) is 10.3 Å². The van der Waals surface area contributed by atoms with Crippen LogP contribution in [0.1, 0.15) is 62.9 Å². The zero-order chi connectivity index (χ0) is 23.0. The van der Waals surface area contributed by atoms with Crippen LogP contribution in [0.3, 0.4) is 0 Å². The Morgan fingerprint density at radius 2 is 1.72 bits per heavy atom. The predicted molar refractivity (Wildman–Crippen MR) is 116 cm³/mol. The Kier molecular flexibility index (Phi) is 6.34. The molecule has 3 atom stereocenters. The van der Waals surface area contributed by atoms with E-state index in [0.29, 0.717) is 0 Å². The van der Waals surface area contributed by atoms with Gasteiger partial charge in [-0.3, -0.25) is 4.79 Å². The summed E-state index contributed by atoms with van der Waals surface area (Å²) in [6.07, 6.45) is 8.20. The molecule has 0 unspecified atom stereocenters. The molecular formula is C24H34N2O6.